The van der Waals surface area contributed by atoms with Gasteiger partial charge in [0, 0.05) is 5.54 Å². The van der Waals surface area contributed by atoms with Crippen LogP contribution in [0.4, 0.5) is 4.79 Å². The molecule has 0 rings (SSSR count). The van der Waals surface area contributed by atoms with E-state index in [1.807, 2.05) is 13.8 Å². The predicted molar refractivity (Wildman–Crippen MR) is 49.1 cm³/mol. The Labute approximate surface area is 73.8 Å². The summed E-state index contributed by atoms with van der Waals surface area (Å²) in [5.41, 5.74) is -0.227. The highest BCUT2D eigenvalue weighted by Gasteiger charge is 2.22. The number of hydrogen-bond acceptors (Lipinski definition) is 2. The topological polar surface area (TPSA) is 38.3 Å². The highest BCUT2D eigenvalue weighted by atomic mass is 16.5. The van der Waals surface area contributed by atoms with Crippen molar-refractivity contribution >= 4 is 6.09 Å². The zero-order valence-corrected chi connectivity index (χ0v) is 8.02. The Kier molecular flexibility index (Phi) is 4.40. The van der Waals surface area contributed by atoms with Gasteiger partial charge in [0.1, 0.15) is 0 Å². The second-order valence-corrected chi connectivity index (χ2v) is 3.02. The van der Waals surface area contributed by atoms with Crippen LogP contribution >= 0.6 is 0 Å². The molecule has 0 fully saturated rings. The van der Waals surface area contributed by atoms with Crippen molar-refractivity contribution < 1.29 is 9.53 Å². The molecule has 0 aromatic rings. The fraction of sp³-hybridized carbons (Fsp3) is 0.667. The molecule has 0 bridgehead atoms. The van der Waals surface area contributed by atoms with E-state index in [4.69, 9.17) is 0 Å². The minimum Gasteiger partial charge on any atom is -0.453 e. The van der Waals surface area contributed by atoms with Gasteiger partial charge in [0.15, 0.2) is 0 Å². The lowest BCUT2D eigenvalue weighted by molar-refractivity contribution is 0.156. The average Bonchev–Trinajstić information content (AvgIpc) is 2.05. The fourth-order valence-electron chi connectivity index (χ4n) is 0.900. The number of carbonyl (C=O) groups is 1. The summed E-state index contributed by atoms with van der Waals surface area (Å²) in [6, 6.07) is 0. The maximum atomic E-state index is 10.9. The van der Waals surface area contributed by atoms with Gasteiger partial charge < -0.3 is 10.1 Å². The van der Waals surface area contributed by atoms with E-state index in [9.17, 15) is 4.79 Å². The molecule has 3 nitrogen and oxygen atoms in total. The van der Waals surface area contributed by atoms with Gasteiger partial charge in [-0.25, -0.2) is 4.79 Å². The first kappa shape index (κ1) is 11.0. The van der Waals surface area contributed by atoms with Gasteiger partial charge in [0.2, 0.25) is 0 Å². The molecule has 0 aliphatic rings. The summed E-state index contributed by atoms with van der Waals surface area (Å²) in [6.07, 6.45) is 3.01. The van der Waals surface area contributed by atoms with Gasteiger partial charge >= 0.3 is 6.09 Å². The first-order valence-corrected chi connectivity index (χ1v) is 4.05. The molecule has 0 saturated carbocycles. The molecule has 1 unspecified atom stereocenters. The highest BCUT2D eigenvalue weighted by molar-refractivity contribution is 5.68. The summed E-state index contributed by atoms with van der Waals surface area (Å²) in [7, 11) is 1.36. The normalized spacial score (nSPS) is 14.6. The van der Waals surface area contributed by atoms with Crippen LogP contribution in [0.15, 0.2) is 12.7 Å². The van der Waals surface area contributed by atoms with Crippen molar-refractivity contribution in [2.75, 3.05) is 7.11 Å². The quantitative estimate of drug-likeness (QED) is 0.658. The zero-order valence-electron chi connectivity index (χ0n) is 8.02. The maximum absolute atomic E-state index is 10.9. The molecular formula is C9H17NO2. The molecule has 1 atom stereocenters. The first-order valence-electron chi connectivity index (χ1n) is 4.05. The van der Waals surface area contributed by atoms with Gasteiger partial charge in [-0.3, -0.25) is 0 Å². The second kappa shape index (κ2) is 4.80. The largest absolute Gasteiger partial charge is 0.453 e. The van der Waals surface area contributed by atoms with E-state index in [0.717, 1.165) is 12.8 Å². The Hall–Kier alpha value is -0.990. The minimum atomic E-state index is -0.388. The second-order valence-electron chi connectivity index (χ2n) is 3.02. The molecule has 0 radical (unpaired) electrons. The third-order valence-corrected chi connectivity index (χ3v) is 1.96. The molecule has 0 spiro atoms. The van der Waals surface area contributed by atoms with Crippen molar-refractivity contribution in [2.45, 2.75) is 32.2 Å². The number of methoxy groups -OCH3 is 1. The lowest BCUT2D eigenvalue weighted by Gasteiger charge is -2.27. The third-order valence-electron chi connectivity index (χ3n) is 1.96. The van der Waals surface area contributed by atoms with Crippen LogP contribution in [0.5, 0.6) is 0 Å². The summed E-state index contributed by atoms with van der Waals surface area (Å²) in [5.74, 6) is 0. The molecule has 0 aliphatic carbocycles. The van der Waals surface area contributed by atoms with Crippen LogP contribution in [0.2, 0.25) is 0 Å². The third kappa shape index (κ3) is 3.42. The molecule has 0 aromatic heterocycles. The number of alkyl carbamates (subject to hydrolysis) is 1. The van der Waals surface area contributed by atoms with Crippen LogP contribution in [0.1, 0.15) is 26.7 Å². The van der Waals surface area contributed by atoms with Gasteiger partial charge in [-0.15, -0.1) is 6.58 Å². The zero-order chi connectivity index (χ0) is 9.61. The number of carbonyl (C=O) groups excluding carboxylic acids is 1. The Morgan fingerprint density at radius 3 is 2.67 bits per heavy atom. The van der Waals surface area contributed by atoms with Gasteiger partial charge in [-0.1, -0.05) is 13.0 Å². The Balaban J connectivity index is 4.12. The van der Waals surface area contributed by atoms with Gasteiger partial charge in [0.05, 0.1) is 7.11 Å². The molecule has 0 aromatic carbocycles. The van der Waals surface area contributed by atoms with Gasteiger partial charge in [-0.05, 0) is 19.8 Å². The summed E-state index contributed by atoms with van der Waals surface area (Å²) >= 11 is 0. The molecule has 70 valence electrons. The number of nitrogens with one attached hydrogen (secondary N) is 1. The van der Waals surface area contributed by atoms with Crippen LogP contribution in [-0.4, -0.2) is 18.7 Å². The molecular weight excluding hydrogens is 154 g/mol. The van der Waals surface area contributed by atoms with Crippen molar-refractivity contribution in [1.82, 2.24) is 5.32 Å². The van der Waals surface area contributed by atoms with Crippen molar-refractivity contribution in [3.63, 3.8) is 0 Å². The Bertz CT molecular complexity index is 168. The van der Waals surface area contributed by atoms with Crippen LogP contribution in [0.3, 0.4) is 0 Å². The predicted octanol–water partition coefficient (Wildman–Crippen LogP) is 2.09. The lowest BCUT2D eigenvalue weighted by Crippen LogP contribution is -2.45. The van der Waals surface area contributed by atoms with E-state index in [1.54, 1.807) is 6.08 Å². The lowest BCUT2D eigenvalue weighted by atomic mass is 9.95. The van der Waals surface area contributed by atoms with Crippen LogP contribution in [0.25, 0.3) is 0 Å². The Morgan fingerprint density at radius 2 is 2.33 bits per heavy atom. The van der Waals surface area contributed by atoms with Gasteiger partial charge in [0.25, 0.3) is 0 Å². The molecule has 1 amide bonds. The molecule has 0 saturated heterocycles. The van der Waals surface area contributed by atoms with Crippen molar-refractivity contribution in [3.05, 3.63) is 12.7 Å². The summed E-state index contributed by atoms with van der Waals surface area (Å²) in [5, 5.41) is 2.76. The van der Waals surface area contributed by atoms with E-state index in [-0.39, 0.29) is 11.6 Å². The molecule has 3 heteroatoms. The maximum Gasteiger partial charge on any atom is 0.407 e. The van der Waals surface area contributed by atoms with Crippen molar-refractivity contribution in [2.24, 2.45) is 0 Å². The molecule has 0 aliphatic heterocycles. The van der Waals surface area contributed by atoms with E-state index in [2.05, 4.69) is 16.6 Å². The standard InChI is InChI=1S/C9H17NO2/c1-5-7-9(3,6-2)10-8(11)12-4/h5H,1,6-7H2,2-4H3,(H,10,11). The van der Waals surface area contributed by atoms with Gasteiger partial charge in [-0.2, -0.15) is 0 Å². The highest BCUT2D eigenvalue weighted by Crippen LogP contribution is 2.14. The SMILES string of the molecule is C=CCC(C)(CC)NC(=O)OC. The minimum absolute atomic E-state index is 0.227. The summed E-state index contributed by atoms with van der Waals surface area (Å²) in [4.78, 5) is 10.9. The fourth-order valence-corrected chi connectivity index (χ4v) is 0.900. The van der Waals surface area contributed by atoms with E-state index >= 15 is 0 Å². The molecule has 12 heavy (non-hydrogen) atoms. The smallest absolute Gasteiger partial charge is 0.407 e. The number of rotatable bonds is 4. The van der Waals surface area contributed by atoms with E-state index in [1.165, 1.54) is 7.11 Å². The number of hydrogen-bond donors (Lipinski definition) is 1. The van der Waals surface area contributed by atoms with Crippen LogP contribution in [-0.2, 0) is 4.74 Å². The first-order chi connectivity index (χ1) is 5.58. The number of ether oxygens (including phenoxy) is 1. The van der Waals surface area contributed by atoms with E-state index in [0.29, 0.717) is 0 Å². The summed E-state index contributed by atoms with van der Waals surface area (Å²) in [6.45, 7) is 7.61. The molecule has 0 heterocycles. The van der Waals surface area contributed by atoms with Crippen LogP contribution in [0, 0.1) is 0 Å². The Morgan fingerprint density at radius 1 is 1.75 bits per heavy atom. The monoisotopic (exact) mass is 171 g/mol. The average molecular weight is 171 g/mol. The summed E-state index contributed by atoms with van der Waals surface area (Å²) < 4.78 is 4.51. The van der Waals surface area contributed by atoms with E-state index < -0.39 is 0 Å². The van der Waals surface area contributed by atoms with Crippen LogP contribution < -0.4 is 5.32 Å². The van der Waals surface area contributed by atoms with Crippen molar-refractivity contribution in [3.8, 4) is 0 Å². The van der Waals surface area contributed by atoms with Crippen molar-refractivity contribution in [1.29, 1.82) is 0 Å². The molecule has 1 N–H and O–H groups in total. The number of amides is 1.